The first kappa shape index (κ1) is 15.1. The third-order valence-electron chi connectivity index (χ3n) is 9.27. The first-order valence-corrected chi connectivity index (χ1v) is 9.89. The highest BCUT2D eigenvalue weighted by Gasteiger charge is 2.90. The fourth-order valence-electron chi connectivity index (χ4n) is 8.47. The molecule has 0 amide bonds. The molecule has 8 atom stereocenters. The van der Waals surface area contributed by atoms with Crippen LogP contribution in [0.1, 0.15) is 30.9 Å². The number of methoxy groups -OCH3 is 1. The summed E-state index contributed by atoms with van der Waals surface area (Å²) in [7, 11) is 3.93. The van der Waals surface area contributed by atoms with Gasteiger partial charge in [-0.3, -0.25) is 9.69 Å². The summed E-state index contributed by atoms with van der Waals surface area (Å²) in [4.78, 5) is 15.2. The number of carbonyl (C=O) groups is 1. The zero-order valence-electron chi connectivity index (χ0n) is 15.8. The van der Waals surface area contributed by atoms with Crippen LogP contribution in [0, 0.1) is 11.3 Å². The number of benzene rings is 1. The zero-order chi connectivity index (χ0) is 18.6. The predicted molar refractivity (Wildman–Crippen MR) is 96.9 cm³/mol. The monoisotopic (exact) mass is 365 g/mol. The number of rotatable bonds is 2. The lowest BCUT2D eigenvalue weighted by atomic mass is 9.43. The maximum Gasteiger partial charge on any atom is 0.165 e. The van der Waals surface area contributed by atoms with Crippen LogP contribution in [0.4, 0.5) is 0 Å². The molecule has 2 aliphatic heterocycles. The molecule has 1 aromatic carbocycles. The summed E-state index contributed by atoms with van der Waals surface area (Å²) < 4.78 is 12.7. The number of hydrogen-bond acceptors (Lipinski definition) is 5. The minimum Gasteiger partial charge on any atom is -0.504 e. The lowest BCUT2D eigenvalue weighted by Crippen LogP contribution is -2.73. The van der Waals surface area contributed by atoms with Gasteiger partial charge in [0, 0.05) is 29.7 Å². The summed E-state index contributed by atoms with van der Waals surface area (Å²) in [5.41, 5.74) is 1.55. The van der Waals surface area contributed by atoms with E-state index in [0.717, 1.165) is 19.3 Å². The van der Waals surface area contributed by atoms with Gasteiger partial charge in [0.15, 0.2) is 11.5 Å². The fourth-order valence-corrected chi connectivity index (χ4v) is 8.47. The van der Waals surface area contributed by atoms with E-state index in [1.807, 2.05) is 0 Å². The Hall–Kier alpha value is -1.85. The number of likely N-dealkylation sites (tertiary alicyclic amines) is 1. The zero-order valence-corrected chi connectivity index (χ0v) is 15.8. The summed E-state index contributed by atoms with van der Waals surface area (Å²) >= 11 is 0. The van der Waals surface area contributed by atoms with Crippen LogP contribution in [-0.2, 0) is 21.4 Å². The molecule has 1 saturated heterocycles. The molecule has 2 heterocycles. The van der Waals surface area contributed by atoms with E-state index in [1.54, 1.807) is 20.1 Å². The van der Waals surface area contributed by atoms with Crippen LogP contribution in [0.5, 0.6) is 11.5 Å². The van der Waals surface area contributed by atoms with Crippen LogP contribution in [0.3, 0.4) is 0 Å². The molecule has 7 aliphatic rings. The molecule has 1 aromatic rings. The van der Waals surface area contributed by atoms with Gasteiger partial charge in [0.1, 0.15) is 17.5 Å². The molecule has 6 unspecified atom stereocenters. The van der Waals surface area contributed by atoms with E-state index >= 15 is 0 Å². The summed E-state index contributed by atoms with van der Waals surface area (Å²) in [6, 6.07) is 4.27. The summed E-state index contributed by atoms with van der Waals surface area (Å²) in [6.07, 6.45) is 7.05. The van der Waals surface area contributed by atoms with Gasteiger partial charge in [-0.1, -0.05) is 18.2 Å². The van der Waals surface area contributed by atoms with Crippen molar-refractivity contribution in [1.29, 1.82) is 0 Å². The number of piperidine rings is 1. The van der Waals surface area contributed by atoms with Crippen LogP contribution in [0.15, 0.2) is 24.3 Å². The Bertz CT molecular complexity index is 1000. The molecule has 5 nitrogen and oxygen atoms in total. The molecule has 140 valence electrons. The van der Waals surface area contributed by atoms with Crippen molar-refractivity contribution >= 4 is 5.78 Å². The summed E-state index contributed by atoms with van der Waals surface area (Å²) in [5.74, 6) is 0.796. The molecule has 8 rings (SSSR count). The van der Waals surface area contributed by atoms with E-state index < -0.39 is 5.60 Å². The molecule has 0 aromatic heterocycles. The number of aromatic hydroxyl groups is 1. The predicted octanol–water partition coefficient (Wildman–Crippen LogP) is 1.95. The van der Waals surface area contributed by atoms with Gasteiger partial charge in [-0.25, -0.2) is 0 Å². The maximum atomic E-state index is 12.7. The van der Waals surface area contributed by atoms with E-state index in [0.29, 0.717) is 11.8 Å². The number of nitrogens with zero attached hydrogens (tertiary/aromatic N) is 1. The van der Waals surface area contributed by atoms with Gasteiger partial charge >= 0.3 is 0 Å². The Morgan fingerprint density at radius 1 is 1.37 bits per heavy atom. The van der Waals surface area contributed by atoms with Crippen molar-refractivity contribution in [2.24, 2.45) is 11.3 Å². The molecule has 5 heteroatoms. The highest BCUT2D eigenvalue weighted by atomic mass is 16.6. The Morgan fingerprint density at radius 2 is 2.19 bits per heavy atom. The number of ether oxygens (including phenoxy) is 2. The van der Waals surface area contributed by atoms with E-state index in [1.165, 1.54) is 11.1 Å². The van der Waals surface area contributed by atoms with Crippen LogP contribution in [0.25, 0.3) is 0 Å². The molecule has 1 N–H and O–H groups in total. The van der Waals surface area contributed by atoms with Crippen molar-refractivity contribution in [3.63, 3.8) is 0 Å². The molecule has 2 saturated carbocycles. The Morgan fingerprint density at radius 3 is 2.93 bits per heavy atom. The molecule has 4 bridgehead atoms. The molecule has 0 radical (unpaired) electrons. The second-order valence-electron chi connectivity index (χ2n) is 9.69. The number of phenols is 1. The quantitative estimate of drug-likeness (QED) is 0.641. The molecule has 5 aliphatic carbocycles. The van der Waals surface area contributed by atoms with Crippen molar-refractivity contribution in [2.45, 2.75) is 54.9 Å². The Labute approximate surface area is 157 Å². The third kappa shape index (κ3) is 1.14. The first-order valence-electron chi connectivity index (χ1n) is 9.89. The topological polar surface area (TPSA) is 58.8 Å². The van der Waals surface area contributed by atoms with Crippen molar-refractivity contribution in [1.82, 2.24) is 4.90 Å². The van der Waals surface area contributed by atoms with Gasteiger partial charge in [-0.05, 0) is 44.9 Å². The highest BCUT2D eigenvalue weighted by molar-refractivity contribution is 5.83. The Balaban J connectivity index is 1.61. The van der Waals surface area contributed by atoms with Crippen LogP contribution >= 0.6 is 0 Å². The first-order chi connectivity index (χ1) is 12.9. The van der Waals surface area contributed by atoms with E-state index in [9.17, 15) is 9.90 Å². The number of phenolic OH excluding ortho intramolecular Hbond substituents is 1. The molecular formula is C22H23NO4. The number of carbonyl (C=O) groups excluding carboxylic acids is 1. The van der Waals surface area contributed by atoms with Gasteiger partial charge in [-0.2, -0.15) is 0 Å². The lowest BCUT2D eigenvalue weighted by Gasteiger charge is -2.63. The van der Waals surface area contributed by atoms with Gasteiger partial charge in [0.25, 0.3) is 0 Å². The number of hydrogen-bond donors (Lipinski definition) is 1. The average Bonchev–Trinajstić information content (AvgIpc) is 2.98. The molecule has 27 heavy (non-hydrogen) atoms. The van der Waals surface area contributed by atoms with E-state index in [-0.39, 0.29) is 39.9 Å². The van der Waals surface area contributed by atoms with Gasteiger partial charge < -0.3 is 14.6 Å². The third-order valence-corrected chi connectivity index (χ3v) is 9.27. The number of Topliss-reactive ketones (excluding diaryl/α,β-unsaturated/α-hetero) is 1. The van der Waals surface area contributed by atoms with Gasteiger partial charge in [0.2, 0.25) is 0 Å². The van der Waals surface area contributed by atoms with E-state index in [4.69, 9.17) is 9.47 Å². The van der Waals surface area contributed by atoms with Gasteiger partial charge in [0.05, 0.1) is 11.3 Å². The molecule has 3 fully saturated rings. The average molecular weight is 365 g/mol. The SMILES string of the molecule is COC12C=CC3(CC1C(C)=O)C1N(C)[C@@]14Cc1ccc(O)c5c1[C@@]3(C4)C2O5. The maximum absolute atomic E-state index is 12.7. The van der Waals surface area contributed by atoms with Crippen LogP contribution < -0.4 is 4.74 Å². The van der Waals surface area contributed by atoms with Crippen molar-refractivity contribution in [3.8, 4) is 11.5 Å². The normalized spacial score (nSPS) is 53.7. The van der Waals surface area contributed by atoms with Crippen LogP contribution in [0.2, 0.25) is 0 Å². The largest absolute Gasteiger partial charge is 0.504 e. The number of likely N-dealkylation sites (N-methyl/N-ethyl adjacent to an activating group) is 1. The highest BCUT2D eigenvalue weighted by Crippen LogP contribution is 2.83. The fraction of sp³-hybridized carbons (Fsp3) is 0.591. The molecular weight excluding hydrogens is 342 g/mol. The van der Waals surface area contributed by atoms with Crippen LogP contribution in [-0.4, -0.2) is 53.2 Å². The Kier molecular flexibility index (Phi) is 2.14. The van der Waals surface area contributed by atoms with Crippen molar-refractivity contribution < 1.29 is 19.4 Å². The standard InChI is InChI=1S/C22H23NO4/c1-11(24)13-9-19-6-7-22(13,26-3)18-21(19)10-20(17(19)23(20)2)8-12-4-5-14(25)16(27-18)15(12)21/h4-7,13,17-18,25H,8-10H2,1-3H3/t13?,17?,18?,19?,20-,21+,22?,23?/m1/s1. The second kappa shape index (κ2) is 3.83. The number of fused-ring (bicyclic) bond motifs is 1. The summed E-state index contributed by atoms with van der Waals surface area (Å²) in [6.45, 7) is 1.68. The van der Waals surface area contributed by atoms with E-state index in [2.05, 4.69) is 30.2 Å². The molecule has 3 spiro atoms. The summed E-state index contributed by atoms with van der Waals surface area (Å²) in [5, 5.41) is 10.6. The number of ketones is 1. The van der Waals surface area contributed by atoms with Crippen molar-refractivity contribution in [2.75, 3.05) is 14.2 Å². The minimum absolute atomic E-state index is 0.132. The second-order valence-corrected chi connectivity index (χ2v) is 9.69. The van der Waals surface area contributed by atoms with Gasteiger partial charge in [-0.15, -0.1) is 0 Å². The smallest absolute Gasteiger partial charge is 0.165 e. The van der Waals surface area contributed by atoms with Crippen molar-refractivity contribution in [3.05, 3.63) is 35.4 Å². The minimum atomic E-state index is -0.760. The lowest BCUT2D eigenvalue weighted by molar-refractivity contribution is -0.186.